The van der Waals surface area contributed by atoms with E-state index < -0.39 is 12.8 Å². The number of halogens is 3. The average Bonchev–Trinajstić information content (AvgIpc) is 2.83. The summed E-state index contributed by atoms with van der Waals surface area (Å²) in [4.78, 5) is 0. The first-order valence-electron chi connectivity index (χ1n) is 7.11. The normalized spacial score (nSPS) is 22.5. The summed E-state index contributed by atoms with van der Waals surface area (Å²) in [5.41, 5.74) is 0.974. The minimum atomic E-state index is -4.32. The van der Waals surface area contributed by atoms with E-state index in [1.165, 1.54) is 12.1 Å². The van der Waals surface area contributed by atoms with Gasteiger partial charge >= 0.3 is 6.18 Å². The Kier molecular flexibility index (Phi) is 5.47. The van der Waals surface area contributed by atoms with Crippen LogP contribution in [0.1, 0.15) is 24.8 Å². The number of alkyl halides is 3. The predicted octanol–water partition coefficient (Wildman–Crippen LogP) is 2.88. The molecule has 2 N–H and O–H groups in total. The summed E-state index contributed by atoms with van der Waals surface area (Å²) >= 11 is 0. The van der Waals surface area contributed by atoms with Crippen LogP contribution >= 0.6 is 0 Å². The van der Waals surface area contributed by atoms with Gasteiger partial charge in [-0.2, -0.15) is 13.2 Å². The van der Waals surface area contributed by atoms with Crippen molar-refractivity contribution >= 4 is 0 Å². The number of aliphatic hydroxyl groups is 1. The summed E-state index contributed by atoms with van der Waals surface area (Å²) in [5.74, 6) is 0.515. The van der Waals surface area contributed by atoms with Crippen LogP contribution in [0.5, 0.6) is 5.75 Å². The van der Waals surface area contributed by atoms with Crippen molar-refractivity contribution in [3.8, 4) is 5.75 Å². The first-order chi connectivity index (χ1) is 9.94. The number of nitrogens with one attached hydrogen (secondary N) is 1. The molecule has 118 valence electrons. The van der Waals surface area contributed by atoms with Gasteiger partial charge in [0.2, 0.25) is 0 Å². The van der Waals surface area contributed by atoms with Crippen LogP contribution in [-0.2, 0) is 6.54 Å². The number of ether oxygens (including phenoxy) is 1. The summed E-state index contributed by atoms with van der Waals surface area (Å²) in [6.45, 7) is 0.112. The molecular formula is C15H20F3NO2. The molecule has 21 heavy (non-hydrogen) atoms. The minimum Gasteiger partial charge on any atom is -0.484 e. The third-order valence-electron chi connectivity index (χ3n) is 3.68. The van der Waals surface area contributed by atoms with E-state index in [2.05, 4.69) is 10.1 Å². The molecule has 2 rings (SSSR count). The largest absolute Gasteiger partial charge is 0.484 e. The Morgan fingerprint density at radius 1 is 1.19 bits per heavy atom. The smallest absolute Gasteiger partial charge is 0.422 e. The molecule has 0 amide bonds. The zero-order valence-corrected chi connectivity index (χ0v) is 11.7. The number of rotatable bonds is 6. The highest BCUT2D eigenvalue weighted by Gasteiger charge is 2.28. The molecule has 2 atom stereocenters. The fourth-order valence-corrected chi connectivity index (χ4v) is 2.53. The first-order valence-corrected chi connectivity index (χ1v) is 7.11. The molecule has 0 radical (unpaired) electrons. The van der Waals surface area contributed by atoms with E-state index in [1.54, 1.807) is 12.1 Å². The minimum absolute atomic E-state index is 0.210. The zero-order valence-electron chi connectivity index (χ0n) is 11.7. The molecule has 1 aliphatic rings. The molecule has 1 aromatic rings. The lowest BCUT2D eigenvalue weighted by molar-refractivity contribution is -0.153. The number of hydrogen-bond donors (Lipinski definition) is 2. The maximum Gasteiger partial charge on any atom is 0.422 e. The fourth-order valence-electron chi connectivity index (χ4n) is 2.53. The molecule has 0 spiro atoms. The van der Waals surface area contributed by atoms with Crippen LogP contribution in [0.15, 0.2) is 24.3 Å². The second-order valence-electron chi connectivity index (χ2n) is 5.44. The zero-order chi connectivity index (χ0) is 15.3. The van der Waals surface area contributed by atoms with E-state index in [1.807, 2.05) is 0 Å². The highest BCUT2D eigenvalue weighted by molar-refractivity contribution is 5.27. The molecule has 0 heterocycles. The first kappa shape index (κ1) is 16.1. The van der Waals surface area contributed by atoms with Crippen molar-refractivity contribution in [1.29, 1.82) is 0 Å². The molecule has 6 heteroatoms. The van der Waals surface area contributed by atoms with Gasteiger partial charge in [0, 0.05) is 13.1 Å². The van der Waals surface area contributed by atoms with Crippen molar-refractivity contribution in [2.24, 2.45) is 5.92 Å². The second-order valence-corrected chi connectivity index (χ2v) is 5.44. The summed E-state index contributed by atoms with van der Waals surface area (Å²) in [6, 6.07) is 6.55. The summed E-state index contributed by atoms with van der Waals surface area (Å²) < 4.78 is 40.7. The summed E-state index contributed by atoms with van der Waals surface area (Å²) in [6.07, 6.45) is -1.55. The standard InChI is InChI=1S/C15H20F3NO2/c16-15(17,18)10-21-13-6-4-11(5-7-13)8-19-9-12-2-1-3-14(12)20/h4-7,12,14,19-20H,1-3,8-10H2. The van der Waals surface area contributed by atoms with E-state index in [4.69, 9.17) is 0 Å². The van der Waals surface area contributed by atoms with Crippen molar-refractivity contribution in [2.45, 2.75) is 38.1 Å². The molecule has 0 aliphatic heterocycles. The van der Waals surface area contributed by atoms with Gasteiger partial charge in [-0.15, -0.1) is 0 Å². The number of hydrogen-bond acceptors (Lipinski definition) is 3. The van der Waals surface area contributed by atoms with E-state index in [0.29, 0.717) is 12.5 Å². The highest BCUT2D eigenvalue weighted by Crippen LogP contribution is 2.24. The van der Waals surface area contributed by atoms with Crippen LogP contribution in [-0.4, -0.2) is 30.5 Å². The van der Waals surface area contributed by atoms with Crippen molar-refractivity contribution in [3.05, 3.63) is 29.8 Å². The van der Waals surface area contributed by atoms with Gasteiger partial charge in [-0.1, -0.05) is 18.6 Å². The van der Waals surface area contributed by atoms with Crippen LogP contribution in [0, 0.1) is 5.92 Å². The van der Waals surface area contributed by atoms with Crippen molar-refractivity contribution in [2.75, 3.05) is 13.2 Å². The Morgan fingerprint density at radius 2 is 1.90 bits per heavy atom. The van der Waals surface area contributed by atoms with Crippen LogP contribution in [0.25, 0.3) is 0 Å². The lowest BCUT2D eigenvalue weighted by Crippen LogP contribution is -2.27. The molecule has 2 unspecified atom stereocenters. The molecule has 1 aromatic carbocycles. The molecule has 1 fully saturated rings. The molecule has 1 aliphatic carbocycles. The van der Waals surface area contributed by atoms with Gasteiger partial charge in [-0.3, -0.25) is 0 Å². The van der Waals surface area contributed by atoms with Crippen molar-refractivity contribution in [3.63, 3.8) is 0 Å². The lowest BCUT2D eigenvalue weighted by atomic mass is 10.1. The number of benzene rings is 1. The molecular weight excluding hydrogens is 283 g/mol. The molecule has 0 bridgehead atoms. The second kappa shape index (κ2) is 7.13. The third-order valence-corrected chi connectivity index (χ3v) is 3.68. The molecule has 0 saturated heterocycles. The van der Waals surface area contributed by atoms with Gasteiger partial charge in [0.1, 0.15) is 5.75 Å². The Labute approximate surface area is 122 Å². The predicted molar refractivity (Wildman–Crippen MR) is 73.0 cm³/mol. The van der Waals surface area contributed by atoms with Crippen LogP contribution in [0.3, 0.4) is 0 Å². The maximum absolute atomic E-state index is 12.0. The molecule has 0 aromatic heterocycles. The Balaban J connectivity index is 1.72. The van der Waals surface area contributed by atoms with E-state index in [-0.39, 0.29) is 11.9 Å². The third kappa shape index (κ3) is 5.55. The quantitative estimate of drug-likeness (QED) is 0.849. The van der Waals surface area contributed by atoms with Crippen LogP contribution < -0.4 is 10.1 Å². The fraction of sp³-hybridized carbons (Fsp3) is 0.600. The highest BCUT2D eigenvalue weighted by atomic mass is 19.4. The van der Waals surface area contributed by atoms with Gasteiger partial charge in [-0.25, -0.2) is 0 Å². The Morgan fingerprint density at radius 3 is 2.48 bits per heavy atom. The lowest BCUT2D eigenvalue weighted by Gasteiger charge is -2.15. The summed E-state index contributed by atoms with van der Waals surface area (Å²) in [7, 11) is 0. The topological polar surface area (TPSA) is 41.5 Å². The van der Waals surface area contributed by atoms with Gasteiger partial charge in [0.15, 0.2) is 6.61 Å². The number of aliphatic hydroxyl groups excluding tert-OH is 1. The maximum atomic E-state index is 12.0. The van der Waals surface area contributed by atoms with Crippen LogP contribution in [0.4, 0.5) is 13.2 Å². The molecule has 3 nitrogen and oxygen atoms in total. The van der Waals surface area contributed by atoms with Gasteiger partial charge in [-0.05, 0) is 36.5 Å². The average molecular weight is 303 g/mol. The summed E-state index contributed by atoms with van der Waals surface area (Å²) in [5, 5.41) is 13.0. The van der Waals surface area contributed by atoms with Crippen molar-refractivity contribution < 1.29 is 23.0 Å². The SMILES string of the molecule is OC1CCCC1CNCc1ccc(OCC(F)(F)F)cc1. The van der Waals surface area contributed by atoms with E-state index in [9.17, 15) is 18.3 Å². The molecule has 1 saturated carbocycles. The Bertz CT molecular complexity index is 434. The van der Waals surface area contributed by atoms with Crippen molar-refractivity contribution in [1.82, 2.24) is 5.32 Å². The van der Waals surface area contributed by atoms with Gasteiger partial charge in [0.25, 0.3) is 0 Å². The van der Waals surface area contributed by atoms with E-state index in [0.717, 1.165) is 31.4 Å². The van der Waals surface area contributed by atoms with Gasteiger partial charge < -0.3 is 15.2 Å². The van der Waals surface area contributed by atoms with Crippen LogP contribution in [0.2, 0.25) is 0 Å². The Hall–Kier alpha value is -1.27. The van der Waals surface area contributed by atoms with Gasteiger partial charge in [0.05, 0.1) is 6.10 Å². The van der Waals surface area contributed by atoms with E-state index >= 15 is 0 Å². The monoisotopic (exact) mass is 303 g/mol.